The van der Waals surface area contributed by atoms with Crippen molar-refractivity contribution < 1.29 is 28.7 Å². The molecule has 0 radical (unpaired) electrons. The van der Waals surface area contributed by atoms with Crippen LogP contribution in [-0.2, 0) is 33.7 Å². The first-order valence-corrected chi connectivity index (χ1v) is 13.7. The summed E-state index contributed by atoms with van der Waals surface area (Å²) in [6.07, 6.45) is -0.687. The number of thiophene rings is 1. The Morgan fingerprint density at radius 3 is 1.77 bits per heavy atom. The lowest BCUT2D eigenvalue weighted by molar-refractivity contribution is -0.159. The largest absolute Gasteiger partial charge is 0.456 e. The maximum absolute atomic E-state index is 14.1. The molecule has 7 rings (SSSR count). The van der Waals surface area contributed by atoms with Crippen molar-refractivity contribution in [1.82, 2.24) is 4.90 Å². The normalized spacial score (nSPS) is 27.0. The van der Waals surface area contributed by atoms with Crippen molar-refractivity contribution in [3.63, 3.8) is 0 Å². The zero-order valence-corrected chi connectivity index (χ0v) is 22.5. The molecule has 4 aliphatic rings. The summed E-state index contributed by atoms with van der Waals surface area (Å²) in [7, 11) is 0. The number of primary amides is 1. The SMILES string of the molecule is NC(=O)C[C@H](C(=O)OCC(=O)c1cccs1)N1C(=O)[C@@H]2[C@H](C1=O)C1(Cl)c3ccccc3C2(Cl)c2ccccc21. The quantitative estimate of drug-likeness (QED) is 0.197. The number of alkyl halides is 2. The number of nitrogens with zero attached hydrogens (tertiary/aromatic N) is 1. The summed E-state index contributed by atoms with van der Waals surface area (Å²) in [5.41, 5.74) is 7.80. The molecular formula is C28H20Cl2N2O6S. The molecule has 0 saturated carbocycles. The van der Waals surface area contributed by atoms with Crippen LogP contribution in [0.25, 0.3) is 0 Å². The molecule has 0 unspecified atom stereocenters. The molecule has 3 amide bonds. The monoisotopic (exact) mass is 582 g/mol. The third-order valence-electron chi connectivity index (χ3n) is 7.74. The first-order chi connectivity index (χ1) is 18.6. The number of hydrogen-bond acceptors (Lipinski definition) is 7. The van der Waals surface area contributed by atoms with Gasteiger partial charge in [0.1, 0.15) is 15.8 Å². The number of ether oxygens (including phenoxy) is 1. The van der Waals surface area contributed by atoms with Gasteiger partial charge >= 0.3 is 5.97 Å². The van der Waals surface area contributed by atoms with Crippen LogP contribution in [0, 0.1) is 11.8 Å². The molecule has 3 atom stereocenters. The van der Waals surface area contributed by atoms with Gasteiger partial charge in [0.25, 0.3) is 0 Å². The number of imide groups is 1. The second kappa shape index (κ2) is 9.01. The van der Waals surface area contributed by atoms with Crippen molar-refractivity contribution in [2.75, 3.05) is 6.61 Å². The number of carbonyl (C=O) groups excluding carboxylic acids is 5. The number of hydrogen-bond donors (Lipinski definition) is 1. The van der Waals surface area contributed by atoms with E-state index in [1.54, 1.807) is 66.0 Å². The first kappa shape index (κ1) is 25.7. The van der Waals surface area contributed by atoms with E-state index in [0.717, 1.165) is 0 Å². The smallest absolute Gasteiger partial charge is 0.330 e. The predicted octanol–water partition coefficient (Wildman–Crippen LogP) is 3.31. The van der Waals surface area contributed by atoms with Gasteiger partial charge < -0.3 is 10.5 Å². The lowest BCUT2D eigenvalue weighted by Gasteiger charge is -2.54. The average molecular weight is 583 g/mol. The highest BCUT2D eigenvalue weighted by Crippen LogP contribution is 2.69. The molecule has 1 aromatic heterocycles. The molecular weight excluding hydrogens is 563 g/mol. The van der Waals surface area contributed by atoms with Gasteiger partial charge in [0.2, 0.25) is 23.5 Å². The number of Topliss-reactive ketones (excluding diaryl/α,β-unsaturated/α-hetero) is 1. The third kappa shape index (κ3) is 3.46. The fraction of sp³-hybridized carbons (Fsp3) is 0.250. The minimum atomic E-state index is -1.68. The molecule has 198 valence electrons. The van der Waals surface area contributed by atoms with Crippen molar-refractivity contribution in [2.24, 2.45) is 17.6 Å². The second-order valence-electron chi connectivity index (χ2n) is 9.71. The summed E-state index contributed by atoms with van der Waals surface area (Å²) in [6.45, 7) is -0.631. The van der Waals surface area contributed by atoms with Crippen molar-refractivity contribution >= 4 is 64.0 Å². The van der Waals surface area contributed by atoms with Crippen molar-refractivity contribution in [2.45, 2.75) is 22.2 Å². The molecule has 1 saturated heterocycles. The van der Waals surface area contributed by atoms with Crippen LogP contribution in [0.1, 0.15) is 38.3 Å². The van der Waals surface area contributed by atoms with Crippen molar-refractivity contribution in [3.05, 3.63) is 93.2 Å². The van der Waals surface area contributed by atoms with E-state index in [9.17, 15) is 24.0 Å². The lowest BCUT2D eigenvalue weighted by atomic mass is 9.54. The number of nitrogens with two attached hydrogens (primary N) is 1. The van der Waals surface area contributed by atoms with Crippen LogP contribution in [0.3, 0.4) is 0 Å². The molecule has 2 bridgehead atoms. The van der Waals surface area contributed by atoms with E-state index in [0.29, 0.717) is 32.0 Å². The Morgan fingerprint density at radius 2 is 1.36 bits per heavy atom. The topological polar surface area (TPSA) is 124 Å². The highest BCUT2D eigenvalue weighted by atomic mass is 35.5. The number of amides is 3. The van der Waals surface area contributed by atoms with Crippen LogP contribution in [0.4, 0.5) is 0 Å². The fourth-order valence-electron chi connectivity index (χ4n) is 6.21. The summed E-state index contributed by atoms with van der Waals surface area (Å²) in [5, 5.41) is 1.70. The van der Waals surface area contributed by atoms with Gasteiger partial charge in [0.05, 0.1) is 23.1 Å². The van der Waals surface area contributed by atoms with Gasteiger partial charge in [0.15, 0.2) is 6.61 Å². The fourth-order valence-corrected chi connectivity index (χ4v) is 7.96. The summed E-state index contributed by atoms with van der Waals surface area (Å²) in [6, 6.07) is 15.8. The van der Waals surface area contributed by atoms with E-state index >= 15 is 0 Å². The molecule has 8 nitrogen and oxygen atoms in total. The Balaban J connectivity index is 1.42. The number of carbonyl (C=O) groups is 5. The molecule has 2 aromatic carbocycles. The van der Waals surface area contributed by atoms with Gasteiger partial charge in [-0.15, -0.1) is 34.5 Å². The van der Waals surface area contributed by atoms with Gasteiger partial charge in [-0.1, -0.05) is 54.6 Å². The first-order valence-electron chi connectivity index (χ1n) is 12.1. The van der Waals surface area contributed by atoms with E-state index in [1.165, 1.54) is 11.3 Å². The van der Waals surface area contributed by atoms with Gasteiger partial charge in [-0.2, -0.15) is 0 Å². The van der Waals surface area contributed by atoms with Crippen LogP contribution in [0.5, 0.6) is 0 Å². The molecule has 3 aliphatic carbocycles. The number of rotatable bonds is 7. The Labute approximate surface area is 236 Å². The van der Waals surface area contributed by atoms with E-state index < -0.39 is 70.1 Å². The molecule has 1 fully saturated rings. The lowest BCUT2D eigenvalue weighted by Crippen LogP contribution is -2.57. The summed E-state index contributed by atoms with van der Waals surface area (Å²) in [4.78, 5) is 64.0. The molecule has 39 heavy (non-hydrogen) atoms. The van der Waals surface area contributed by atoms with Crippen molar-refractivity contribution in [3.8, 4) is 0 Å². The zero-order chi connectivity index (χ0) is 27.7. The Kier molecular flexibility index (Phi) is 5.94. The van der Waals surface area contributed by atoms with Crippen LogP contribution in [0.2, 0.25) is 0 Å². The van der Waals surface area contributed by atoms with E-state index in [1.807, 2.05) is 0 Å². The van der Waals surface area contributed by atoms with E-state index in [2.05, 4.69) is 0 Å². The maximum Gasteiger partial charge on any atom is 0.330 e. The Morgan fingerprint density at radius 1 is 0.872 bits per heavy atom. The second-order valence-corrected chi connectivity index (χ2v) is 11.9. The predicted molar refractivity (Wildman–Crippen MR) is 142 cm³/mol. The number of esters is 1. The molecule has 2 heterocycles. The van der Waals surface area contributed by atoms with Crippen LogP contribution in [0.15, 0.2) is 66.0 Å². The molecule has 1 aliphatic heterocycles. The minimum absolute atomic E-state index is 0.369. The number of ketones is 1. The summed E-state index contributed by atoms with van der Waals surface area (Å²) in [5.74, 6) is -6.35. The number of halogens is 2. The highest BCUT2D eigenvalue weighted by Gasteiger charge is 2.73. The van der Waals surface area contributed by atoms with Gasteiger partial charge in [0, 0.05) is 0 Å². The molecule has 11 heteroatoms. The highest BCUT2D eigenvalue weighted by molar-refractivity contribution is 7.12. The van der Waals surface area contributed by atoms with Crippen LogP contribution >= 0.6 is 34.5 Å². The molecule has 0 spiro atoms. The van der Waals surface area contributed by atoms with Gasteiger partial charge in [-0.25, -0.2) is 4.79 Å². The van der Waals surface area contributed by atoms with E-state index in [-0.39, 0.29) is 0 Å². The number of benzene rings is 2. The third-order valence-corrected chi connectivity index (χ3v) is 9.93. The van der Waals surface area contributed by atoms with Gasteiger partial charge in [-0.05, 0) is 33.7 Å². The van der Waals surface area contributed by atoms with Crippen LogP contribution in [-0.4, -0.2) is 47.0 Å². The maximum atomic E-state index is 14.1. The Hall–Kier alpha value is -3.53. The standard InChI is InChI=1S/C28H20Cl2N2O6S/c29-27-14-6-1-2-7-15(14)28(30,17-9-4-3-8-16(17)27)23-22(27)24(35)32(25(23)36)18(12-21(31)34)26(37)38-13-19(33)20-10-5-11-39-20/h1-11,18,22-23H,12-13H2,(H2,31,34)/t18-,22-,23+,27?,28?/m1/s1. The summed E-state index contributed by atoms with van der Waals surface area (Å²) < 4.78 is 5.19. The van der Waals surface area contributed by atoms with Crippen LogP contribution < -0.4 is 5.73 Å². The Bertz CT molecular complexity index is 1450. The summed E-state index contributed by atoms with van der Waals surface area (Å²) >= 11 is 15.9. The minimum Gasteiger partial charge on any atom is -0.456 e. The average Bonchev–Trinajstić information content (AvgIpc) is 3.56. The number of likely N-dealkylation sites (tertiary alicyclic amines) is 1. The molecule has 2 N–H and O–H groups in total. The zero-order valence-electron chi connectivity index (χ0n) is 20.1. The van der Waals surface area contributed by atoms with Gasteiger partial charge in [-0.3, -0.25) is 24.1 Å². The van der Waals surface area contributed by atoms with E-state index in [4.69, 9.17) is 33.7 Å². The molecule has 3 aromatic rings. The van der Waals surface area contributed by atoms with Crippen molar-refractivity contribution in [1.29, 1.82) is 0 Å².